The summed E-state index contributed by atoms with van der Waals surface area (Å²) in [6.07, 6.45) is 0.880. The van der Waals surface area contributed by atoms with Crippen molar-refractivity contribution in [1.29, 1.82) is 0 Å². The van der Waals surface area contributed by atoms with Gasteiger partial charge in [-0.2, -0.15) is 0 Å². The minimum absolute atomic E-state index is 0.0992. The maximum atomic E-state index is 13.7. The van der Waals surface area contributed by atoms with Crippen LogP contribution in [0.3, 0.4) is 0 Å². The Morgan fingerprint density at radius 2 is 1.69 bits per heavy atom. The van der Waals surface area contributed by atoms with Crippen LogP contribution < -0.4 is 10.2 Å². The maximum absolute atomic E-state index is 13.7. The van der Waals surface area contributed by atoms with Crippen molar-refractivity contribution >= 4 is 16.9 Å². The molecule has 1 aliphatic rings. The van der Waals surface area contributed by atoms with Gasteiger partial charge in [0.25, 0.3) is 5.91 Å². The summed E-state index contributed by atoms with van der Waals surface area (Å²) in [5, 5.41) is 0.439. The van der Waals surface area contributed by atoms with Crippen molar-refractivity contribution in [2.75, 3.05) is 33.3 Å². The molecule has 184 valence electrons. The van der Waals surface area contributed by atoms with Gasteiger partial charge in [0, 0.05) is 43.9 Å². The van der Waals surface area contributed by atoms with Gasteiger partial charge < -0.3 is 14.1 Å². The lowest BCUT2D eigenvalue weighted by Gasteiger charge is -2.22. The molecule has 2 heterocycles. The van der Waals surface area contributed by atoms with Crippen LogP contribution in [0.2, 0.25) is 0 Å². The second kappa shape index (κ2) is 10.4. The molecule has 0 spiro atoms. The van der Waals surface area contributed by atoms with Gasteiger partial charge in [0.2, 0.25) is 0 Å². The third-order valence-corrected chi connectivity index (χ3v) is 6.85. The normalized spacial score (nSPS) is 14.6. The number of nitrogens with zero attached hydrogens (tertiary/aromatic N) is 2. The third-order valence-electron chi connectivity index (χ3n) is 6.85. The van der Waals surface area contributed by atoms with Gasteiger partial charge in [-0.3, -0.25) is 14.5 Å². The highest BCUT2D eigenvalue weighted by atomic mass is 16.5. The van der Waals surface area contributed by atoms with E-state index in [4.69, 9.17) is 9.15 Å². The summed E-state index contributed by atoms with van der Waals surface area (Å²) >= 11 is 0. The number of carbonyl (C=O) groups is 1. The molecule has 36 heavy (non-hydrogen) atoms. The number of hydrogen-bond donors (Lipinski definition) is 0. The van der Waals surface area contributed by atoms with Crippen molar-refractivity contribution in [2.24, 2.45) is 0 Å². The van der Waals surface area contributed by atoms with E-state index in [0.29, 0.717) is 40.9 Å². The highest BCUT2D eigenvalue weighted by Gasteiger charge is 2.24. The summed E-state index contributed by atoms with van der Waals surface area (Å²) in [6.45, 7) is 5.57. The zero-order valence-electron chi connectivity index (χ0n) is 20.7. The molecule has 1 aliphatic heterocycles. The van der Waals surface area contributed by atoms with Crippen molar-refractivity contribution in [2.45, 2.75) is 19.9 Å². The monoisotopic (exact) mass is 482 g/mol. The molecule has 0 N–H and O–H groups in total. The summed E-state index contributed by atoms with van der Waals surface area (Å²) in [5.74, 6) is 1.26. The van der Waals surface area contributed by atoms with Crippen LogP contribution in [0.5, 0.6) is 5.75 Å². The van der Waals surface area contributed by atoms with Crippen LogP contribution in [0.1, 0.15) is 27.9 Å². The lowest BCUT2D eigenvalue weighted by Crippen LogP contribution is -2.35. The molecule has 1 fully saturated rings. The van der Waals surface area contributed by atoms with E-state index in [0.717, 1.165) is 37.4 Å². The van der Waals surface area contributed by atoms with E-state index in [1.165, 1.54) is 5.56 Å². The molecule has 0 saturated carbocycles. The zero-order valence-corrected chi connectivity index (χ0v) is 20.7. The Labute approximate surface area is 210 Å². The minimum atomic E-state index is -0.105. The first-order valence-electron chi connectivity index (χ1n) is 12.3. The molecule has 1 amide bonds. The van der Waals surface area contributed by atoms with Crippen LogP contribution in [0.25, 0.3) is 22.3 Å². The minimum Gasteiger partial charge on any atom is -0.497 e. The fraction of sp³-hybridized carbons (Fsp3) is 0.267. The summed E-state index contributed by atoms with van der Waals surface area (Å²) in [5.41, 5.74) is 3.27. The number of fused-ring (bicyclic) bond motifs is 1. The molecule has 5 rings (SSSR count). The second-order valence-corrected chi connectivity index (χ2v) is 9.20. The average molecular weight is 483 g/mol. The SMILES string of the molecule is COc1ccc(CN2CCCN(C(=O)c3cccc4c(=O)c(C)c(-c5ccccc5)oc34)CC2)cc1. The molecule has 6 nitrogen and oxygen atoms in total. The molecule has 0 radical (unpaired) electrons. The molecule has 4 aromatic rings. The number of methoxy groups -OCH3 is 1. The fourth-order valence-corrected chi connectivity index (χ4v) is 4.83. The van der Waals surface area contributed by atoms with Crippen molar-refractivity contribution in [1.82, 2.24) is 9.80 Å². The summed E-state index contributed by atoms with van der Waals surface area (Å²) < 4.78 is 11.5. The van der Waals surface area contributed by atoms with Gasteiger partial charge in [0.05, 0.1) is 18.1 Å². The predicted octanol–water partition coefficient (Wildman–Crippen LogP) is 5.13. The Morgan fingerprint density at radius 1 is 0.917 bits per heavy atom. The van der Waals surface area contributed by atoms with Crippen LogP contribution in [0.15, 0.2) is 82.0 Å². The van der Waals surface area contributed by atoms with Gasteiger partial charge in [0.1, 0.15) is 11.5 Å². The quantitative estimate of drug-likeness (QED) is 0.395. The smallest absolute Gasteiger partial charge is 0.257 e. The first kappa shape index (κ1) is 23.8. The first-order valence-corrected chi connectivity index (χ1v) is 12.3. The Kier molecular flexibility index (Phi) is 6.87. The molecule has 0 aliphatic carbocycles. The highest BCUT2D eigenvalue weighted by molar-refractivity contribution is 6.05. The molecule has 0 bridgehead atoms. The lowest BCUT2D eigenvalue weighted by atomic mass is 10.0. The zero-order chi connectivity index (χ0) is 25.1. The van der Waals surface area contributed by atoms with Crippen LogP contribution in [0, 0.1) is 6.92 Å². The van der Waals surface area contributed by atoms with Gasteiger partial charge in [-0.25, -0.2) is 0 Å². The number of benzene rings is 3. The van der Waals surface area contributed by atoms with Crippen LogP contribution in [0.4, 0.5) is 0 Å². The van der Waals surface area contributed by atoms with Gasteiger partial charge >= 0.3 is 0 Å². The van der Waals surface area contributed by atoms with Gasteiger partial charge in [-0.15, -0.1) is 0 Å². The van der Waals surface area contributed by atoms with Crippen LogP contribution in [-0.4, -0.2) is 49.0 Å². The summed E-state index contributed by atoms with van der Waals surface area (Å²) in [6, 6.07) is 22.9. The number of amides is 1. The lowest BCUT2D eigenvalue weighted by molar-refractivity contribution is 0.0762. The van der Waals surface area contributed by atoms with E-state index in [1.54, 1.807) is 32.2 Å². The Hall–Kier alpha value is -3.90. The largest absolute Gasteiger partial charge is 0.497 e. The van der Waals surface area contributed by atoms with E-state index >= 15 is 0 Å². The summed E-state index contributed by atoms with van der Waals surface area (Å²) in [7, 11) is 1.67. The van der Waals surface area contributed by atoms with Gasteiger partial charge in [0.15, 0.2) is 11.0 Å². The molecule has 6 heteroatoms. The number of ether oxygens (including phenoxy) is 1. The van der Waals surface area contributed by atoms with Crippen LogP contribution in [-0.2, 0) is 6.54 Å². The van der Waals surface area contributed by atoms with Crippen LogP contribution >= 0.6 is 0 Å². The van der Waals surface area contributed by atoms with Crippen molar-refractivity contribution in [3.63, 3.8) is 0 Å². The van der Waals surface area contributed by atoms with E-state index in [-0.39, 0.29) is 11.3 Å². The molecule has 3 aromatic carbocycles. The third kappa shape index (κ3) is 4.77. The maximum Gasteiger partial charge on any atom is 0.257 e. The van der Waals surface area contributed by atoms with E-state index in [2.05, 4.69) is 17.0 Å². The fourth-order valence-electron chi connectivity index (χ4n) is 4.83. The molecule has 0 unspecified atom stereocenters. The standard InChI is InChI=1S/C30H30N2O4/c1-21-27(33)25-10-6-11-26(29(25)36-28(21)23-8-4-3-5-9-23)30(34)32-17-7-16-31(18-19-32)20-22-12-14-24(35-2)15-13-22/h3-6,8-15H,7,16-20H2,1-2H3. The van der Waals surface area contributed by atoms with Crippen molar-refractivity contribution in [3.8, 4) is 17.1 Å². The molecular weight excluding hydrogens is 452 g/mol. The van der Waals surface area contributed by atoms with E-state index in [1.807, 2.05) is 47.4 Å². The molecule has 1 saturated heterocycles. The number of para-hydroxylation sites is 1. The highest BCUT2D eigenvalue weighted by Crippen LogP contribution is 2.28. The Morgan fingerprint density at radius 3 is 2.44 bits per heavy atom. The van der Waals surface area contributed by atoms with E-state index < -0.39 is 0 Å². The molecule has 1 aromatic heterocycles. The van der Waals surface area contributed by atoms with E-state index in [9.17, 15) is 9.59 Å². The summed E-state index contributed by atoms with van der Waals surface area (Å²) in [4.78, 5) is 31.1. The van der Waals surface area contributed by atoms with Crippen molar-refractivity contribution in [3.05, 3.63) is 99.7 Å². The molecular formula is C30H30N2O4. The average Bonchev–Trinajstić information content (AvgIpc) is 3.16. The number of hydrogen-bond acceptors (Lipinski definition) is 5. The second-order valence-electron chi connectivity index (χ2n) is 9.20. The van der Waals surface area contributed by atoms with Gasteiger partial charge in [-0.05, 0) is 43.2 Å². The number of rotatable bonds is 5. The van der Waals surface area contributed by atoms with Crippen molar-refractivity contribution < 1.29 is 13.9 Å². The molecule has 0 atom stereocenters. The van der Waals surface area contributed by atoms with Gasteiger partial charge in [-0.1, -0.05) is 48.5 Å². The number of carbonyl (C=O) groups excluding carboxylic acids is 1. The topological polar surface area (TPSA) is 63.0 Å². The first-order chi connectivity index (χ1) is 17.5. The Balaban J connectivity index is 1.39. The Bertz CT molecular complexity index is 1430. The predicted molar refractivity (Wildman–Crippen MR) is 141 cm³/mol.